The first-order chi connectivity index (χ1) is 9.04. The van der Waals surface area contributed by atoms with Crippen molar-refractivity contribution in [3.8, 4) is 0 Å². The van der Waals surface area contributed by atoms with Crippen LogP contribution in [-0.2, 0) is 4.79 Å². The topological polar surface area (TPSA) is 49.6 Å². The molecular weight excluding hydrogens is 238 g/mol. The zero-order chi connectivity index (χ0) is 14.0. The van der Waals surface area contributed by atoms with E-state index in [1.165, 1.54) is 0 Å². The van der Waals surface area contributed by atoms with E-state index in [4.69, 9.17) is 5.73 Å². The number of hydrogen-bond donors (Lipinski definition) is 1. The Morgan fingerprint density at radius 3 is 2.63 bits per heavy atom. The van der Waals surface area contributed by atoms with Crippen LogP contribution < -0.4 is 5.73 Å². The van der Waals surface area contributed by atoms with Gasteiger partial charge in [0.15, 0.2) is 0 Å². The molecule has 110 valence electrons. The van der Waals surface area contributed by atoms with E-state index in [9.17, 15) is 4.79 Å². The summed E-state index contributed by atoms with van der Waals surface area (Å²) in [6.07, 6.45) is 3.20. The first-order valence-electron chi connectivity index (χ1n) is 7.83. The standard InChI is InChI=1S/C15H29N3O/c1-4-17-8-9-18(10-11(17)2)15(19)13-6-5-7-14(16)12(13)3/h11-14H,4-10,16H2,1-3H3. The molecule has 4 heteroatoms. The highest BCUT2D eigenvalue weighted by atomic mass is 16.2. The summed E-state index contributed by atoms with van der Waals surface area (Å²) in [6, 6.07) is 0.687. The molecule has 1 aliphatic carbocycles. The van der Waals surface area contributed by atoms with Gasteiger partial charge in [-0.2, -0.15) is 0 Å². The zero-order valence-corrected chi connectivity index (χ0v) is 12.6. The summed E-state index contributed by atoms with van der Waals surface area (Å²) in [4.78, 5) is 17.2. The molecule has 1 heterocycles. The Hall–Kier alpha value is -0.610. The van der Waals surface area contributed by atoms with Crippen LogP contribution in [0.5, 0.6) is 0 Å². The SMILES string of the molecule is CCN1CCN(C(=O)C2CCCC(N)C2C)CC1C. The van der Waals surface area contributed by atoms with Crippen molar-refractivity contribution < 1.29 is 4.79 Å². The van der Waals surface area contributed by atoms with Crippen molar-refractivity contribution >= 4 is 5.91 Å². The molecule has 4 nitrogen and oxygen atoms in total. The molecule has 1 amide bonds. The van der Waals surface area contributed by atoms with E-state index in [0.717, 1.165) is 45.4 Å². The van der Waals surface area contributed by atoms with Gasteiger partial charge in [-0.15, -0.1) is 0 Å². The smallest absolute Gasteiger partial charge is 0.226 e. The highest BCUT2D eigenvalue weighted by molar-refractivity contribution is 5.79. The lowest BCUT2D eigenvalue weighted by Crippen LogP contribution is -2.56. The van der Waals surface area contributed by atoms with Gasteiger partial charge in [-0.25, -0.2) is 0 Å². The molecular formula is C15H29N3O. The van der Waals surface area contributed by atoms with Crippen LogP contribution in [0.4, 0.5) is 0 Å². The molecule has 4 atom stereocenters. The highest BCUT2D eigenvalue weighted by Crippen LogP contribution is 2.31. The van der Waals surface area contributed by atoms with Crippen LogP contribution in [0.15, 0.2) is 0 Å². The summed E-state index contributed by atoms with van der Waals surface area (Å²) < 4.78 is 0. The Labute approximate surface area is 117 Å². The van der Waals surface area contributed by atoms with Gasteiger partial charge in [0.25, 0.3) is 0 Å². The van der Waals surface area contributed by atoms with Crippen LogP contribution in [0.25, 0.3) is 0 Å². The average molecular weight is 267 g/mol. The monoisotopic (exact) mass is 267 g/mol. The third-order valence-corrected chi connectivity index (χ3v) is 5.16. The Morgan fingerprint density at radius 1 is 1.26 bits per heavy atom. The maximum atomic E-state index is 12.7. The van der Waals surface area contributed by atoms with Crippen molar-refractivity contribution in [3.63, 3.8) is 0 Å². The van der Waals surface area contributed by atoms with Gasteiger partial charge in [-0.05, 0) is 32.2 Å². The molecule has 0 spiro atoms. The Kier molecular flexibility index (Phi) is 4.85. The molecule has 1 saturated carbocycles. The predicted molar refractivity (Wildman–Crippen MR) is 77.8 cm³/mol. The zero-order valence-electron chi connectivity index (χ0n) is 12.6. The normalized spacial score (nSPS) is 37.4. The lowest BCUT2D eigenvalue weighted by molar-refractivity contribution is -0.141. The van der Waals surface area contributed by atoms with E-state index in [1.54, 1.807) is 0 Å². The van der Waals surface area contributed by atoms with E-state index in [-0.39, 0.29) is 12.0 Å². The van der Waals surface area contributed by atoms with Gasteiger partial charge in [0.05, 0.1) is 0 Å². The first-order valence-corrected chi connectivity index (χ1v) is 7.83. The number of rotatable bonds is 2. The van der Waals surface area contributed by atoms with Crippen molar-refractivity contribution in [2.24, 2.45) is 17.6 Å². The molecule has 0 radical (unpaired) electrons. The first kappa shape index (κ1) is 14.8. The number of nitrogens with zero attached hydrogens (tertiary/aromatic N) is 2. The average Bonchev–Trinajstić information content (AvgIpc) is 2.41. The molecule has 19 heavy (non-hydrogen) atoms. The lowest BCUT2D eigenvalue weighted by Gasteiger charge is -2.42. The van der Waals surface area contributed by atoms with Gasteiger partial charge in [-0.1, -0.05) is 20.3 Å². The Bertz CT molecular complexity index is 321. The summed E-state index contributed by atoms with van der Waals surface area (Å²) in [7, 11) is 0. The van der Waals surface area contributed by atoms with E-state index in [2.05, 4.69) is 30.6 Å². The van der Waals surface area contributed by atoms with Crippen LogP contribution in [0.1, 0.15) is 40.0 Å². The van der Waals surface area contributed by atoms with Crippen LogP contribution >= 0.6 is 0 Å². The number of amides is 1. The molecule has 0 aromatic rings. The summed E-state index contributed by atoms with van der Waals surface area (Å²) in [5.74, 6) is 0.843. The number of hydrogen-bond acceptors (Lipinski definition) is 3. The number of nitrogens with two attached hydrogens (primary N) is 1. The van der Waals surface area contributed by atoms with Crippen LogP contribution in [0.2, 0.25) is 0 Å². The molecule has 0 bridgehead atoms. The van der Waals surface area contributed by atoms with Crippen LogP contribution in [0.3, 0.4) is 0 Å². The highest BCUT2D eigenvalue weighted by Gasteiger charge is 2.36. The van der Waals surface area contributed by atoms with E-state index >= 15 is 0 Å². The minimum Gasteiger partial charge on any atom is -0.340 e. The molecule has 2 rings (SSSR count). The number of piperazine rings is 1. The van der Waals surface area contributed by atoms with Crippen molar-refractivity contribution in [1.29, 1.82) is 0 Å². The summed E-state index contributed by atoms with van der Waals surface area (Å²) >= 11 is 0. The molecule has 0 aromatic carbocycles. The molecule has 1 saturated heterocycles. The third-order valence-electron chi connectivity index (χ3n) is 5.16. The van der Waals surface area contributed by atoms with Crippen LogP contribution in [-0.4, -0.2) is 54.0 Å². The predicted octanol–water partition coefficient (Wildman–Crippen LogP) is 1.30. The summed E-state index contributed by atoms with van der Waals surface area (Å²) in [5.41, 5.74) is 6.13. The Morgan fingerprint density at radius 2 is 2.00 bits per heavy atom. The molecule has 1 aliphatic heterocycles. The van der Waals surface area contributed by atoms with E-state index in [0.29, 0.717) is 17.9 Å². The lowest BCUT2D eigenvalue weighted by atomic mass is 9.76. The Balaban J connectivity index is 1.96. The van der Waals surface area contributed by atoms with E-state index in [1.807, 2.05) is 0 Å². The fourth-order valence-corrected chi connectivity index (χ4v) is 3.65. The van der Waals surface area contributed by atoms with Gasteiger partial charge >= 0.3 is 0 Å². The molecule has 2 fully saturated rings. The maximum absolute atomic E-state index is 12.7. The summed E-state index contributed by atoms with van der Waals surface area (Å²) in [5, 5.41) is 0. The second-order valence-electron chi connectivity index (χ2n) is 6.32. The third kappa shape index (κ3) is 3.11. The fraction of sp³-hybridized carbons (Fsp3) is 0.933. The van der Waals surface area contributed by atoms with Gasteiger partial charge in [0.2, 0.25) is 5.91 Å². The minimum atomic E-state index is 0.157. The molecule has 2 aliphatic rings. The number of likely N-dealkylation sites (N-methyl/N-ethyl adjacent to an activating group) is 1. The second-order valence-corrected chi connectivity index (χ2v) is 6.32. The number of carbonyl (C=O) groups is 1. The fourth-order valence-electron chi connectivity index (χ4n) is 3.65. The second kappa shape index (κ2) is 6.23. The van der Waals surface area contributed by atoms with Crippen LogP contribution in [0, 0.1) is 11.8 Å². The summed E-state index contributed by atoms with van der Waals surface area (Å²) in [6.45, 7) is 10.4. The van der Waals surface area contributed by atoms with Crippen molar-refractivity contribution in [1.82, 2.24) is 9.80 Å². The van der Waals surface area contributed by atoms with Gasteiger partial charge in [-0.3, -0.25) is 9.69 Å². The largest absolute Gasteiger partial charge is 0.340 e. The maximum Gasteiger partial charge on any atom is 0.226 e. The van der Waals surface area contributed by atoms with Crippen molar-refractivity contribution in [3.05, 3.63) is 0 Å². The van der Waals surface area contributed by atoms with Gasteiger partial charge in [0.1, 0.15) is 0 Å². The van der Waals surface area contributed by atoms with Gasteiger partial charge in [0, 0.05) is 37.6 Å². The molecule has 0 aromatic heterocycles. The molecule has 2 N–H and O–H groups in total. The minimum absolute atomic E-state index is 0.157. The van der Waals surface area contributed by atoms with Crippen molar-refractivity contribution in [2.75, 3.05) is 26.2 Å². The quantitative estimate of drug-likeness (QED) is 0.820. The van der Waals surface area contributed by atoms with E-state index < -0.39 is 0 Å². The number of carbonyl (C=O) groups excluding carboxylic acids is 1. The molecule has 4 unspecified atom stereocenters. The van der Waals surface area contributed by atoms with Crippen molar-refractivity contribution in [2.45, 2.75) is 52.1 Å². The van der Waals surface area contributed by atoms with Gasteiger partial charge < -0.3 is 10.6 Å².